The van der Waals surface area contributed by atoms with Gasteiger partial charge >= 0.3 is 0 Å². The van der Waals surface area contributed by atoms with Crippen LogP contribution in [0.5, 0.6) is 0 Å². The first-order valence-electron chi connectivity index (χ1n) is 5.19. The standard InChI is InChI=1S/C12H18O2/c1-3-4-5-6-10-9(2)7-8-11(13)12(10)14/h3-4,11,13H,5-8H2,1-2H3. The molecule has 0 spiro atoms. The van der Waals surface area contributed by atoms with Gasteiger partial charge in [-0.3, -0.25) is 4.79 Å². The summed E-state index contributed by atoms with van der Waals surface area (Å²) in [5, 5.41) is 9.42. The number of aliphatic hydroxyl groups excluding tert-OH is 1. The summed E-state index contributed by atoms with van der Waals surface area (Å²) in [7, 11) is 0. The summed E-state index contributed by atoms with van der Waals surface area (Å²) in [6.07, 6.45) is 6.40. The minimum atomic E-state index is -0.751. The Morgan fingerprint density at radius 1 is 1.57 bits per heavy atom. The third-order valence-corrected chi connectivity index (χ3v) is 2.70. The number of aliphatic hydroxyl groups is 1. The largest absolute Gasteiger partial charge is 0.385 e. The number of carbonyl (C=O) groups is 1. The van der Waals surface area contributed by atoms with Crippen molar-refractivity contribution < 1.29 is 9.90 Å². The molecule has 0 aromatic rings. The monoisotopic (exact) mass is 194 g/mol. The van der Waals surface area contributed by atoms with Gasteiger partial charge in [0.1, 0.15) is 6.10 Å². The van der Waals surface area contributed by atoms with Crippen LogP contribution in [-0.4, -0.2) is 17.0 Å². The van der Waals surface area contributed by atoms with Gasteiger partial charge in [0, 0.05) is 0 Å². The summed E-state index contributed by atoms with van der Waals surface area (Å²) in [4.78, 5) is 11.6. The molecule has 78 valence electrons. The van der Waals surface area contributed by atoms with Gasteiger partial charge in [-0.2, -0.15) is 0 Å². The fraction of sp³-hybridized carbons (Fsp3) is 0.583. The molecule has 0 heterocycles. The maximum atomic E-state index is 11.6. The van der Waals surface area contributed by atoms with Crippen molar-refractivity contribution in [2.75, 3.05) is 0 Å². The summed E-state index contributed by atoms with van der Waals surface area (Å²) in [6.45, 7) is 3.97. The smallest absolute Gasteiger partial charge is 0.187 e. The zero-order chi connectivity index (χ0) is 10.6. The van der Waals surface area contributed by atoms with Gasteiger partial charge in [0.25, 0.3) is 0 Å². The van der Waals surface area contributed by atoms with Crippen LogP contribution in [0.1, 0.15) is 39.5 Å². The molecule has 0 bridgehead atoms. The number of carbonyl (C=O) groups excluding carboxylic acids is 1. The number of Topliss-reactive ketones (excluding diaryl/α,β-unsaturated/α-hetero) is 1. The second-order valence-electron chi connectivity index (χ2n) is 3.79. The van der Waals surface area contributed by atoms with Gasteiger partial charge in [0.2, 0.25) is 0 Å². The van der Waals surface area contributed by atoms with Crippen LogP contribution in [0, 0.1) is 0 Å². The van der Waals surface area contributed by atoms with E-state index in [9.17, 15) is 9.90 Å². The number of rotatable bonds is 3. The van der Waals surface area contributed by atoms with E-state index in [1.807, 2.05) is 19.9 Å². The van der Waals surface area contributed by atoms with Crippen molar-refractivity contribution in [3.63, 3.8) is 0 Å². The lowest BCUT2D eigenvalue weighted by Crippen LogP contribution is -2.26. The van der Waals surface area contributed by atoms with E-state index in [2.05, 4.69) is 6.08 Å². The molecule has 0 amide bonds. The van der Waals surface area contributed by atoms with Crippen molar-refractivity contribution in [2.24, 2.45) is 0 Å². The van der Waals surface area contributed by atoms with Crippen LogP contribution < -0.4 is 0 Å². The Bertz CT molecular complexity index is 274. The average molecular weight is 194 g/mol. The van der Waals surface area contributed by atoms with Gasteiger partial charge in [0.05, 0.1) is 0 Å². The van der Waals surface area contributed by atoms with Crippen LogP contribution >= 0.6 is 0 Å². The second kappa shape index (κ2) is 5.11. The predicted molar refractivity (Wildman–Crippen MR) is 57.0 cm³/mol. The zero-order valence-corrected chi connectivity index (χ0v) is 8.92. The van der Waals surface area contributed by atoms with Gasteiger partial charge in [-0.15, -0.1) is 0 Å². The SMILES string of the molecule is CC=CCCC1=C(C)CCC(O)C1=O. The normalized spacial score (nSPS) is 23.6. The van der Waals surface area contributed by atoms with Crippen LogP contribution in [0.15, 0.2) is 23.3 Å². The molecule has 1 unspecified atom stereocenters. The molecule has 2 nitrogen and oxygen atoms in total. The van der Waals surface area contributed by atoms with E-state index in [1.165, 1.54) is 0 Å². The van der Waals surface area contributed by atoms with Gasteiger partial charge in [0.15, 0.2) is 5.78 Å². The fourth-order valence-electron chi connectivity index (χ4n) is 1.78. The molecule has 0 aromatic carbocycles. The zero-order valence-electron chi connectivity index (χ0n) is 8.92. The minimum Gasteiger partial charge on any atom is -0.385 e. The maximum Gasteiger partial charge on any atom is 0.187 e. The first-order valence-corrected chi connectivity index (χ1v) is 5.19. The van der Waals surface area contributed by atoms with Gasteiger partial charge in [-0.1, -0.05) is 17.7 Å². The van der Waals surface area contributed by atoms with E-state index >= 15 is 0 Å². The summed E-state index contributed by atoms with van der Waals surface area (Å²) in [5.74, 6) is -0.0572. The Hall–Kier alpha value is -0.890. The van der Waals surface area contributed by atoms with Crippen LogP contribution in [-0.2, 0) is 4.79 Å². The molecule has 1 rings (SSSR count). The highest BCUT2D eigenvalue weighted by molar-refractivity contribution is 6.00. The Kier molecular flexibility index (Phi) is 4.08. The molecular weight excluding hydrogens is 176 g/mol. The number of hydrogen-bond acceptors (Lipinski definition) is 2. The minimum absolute atomic E-state index is 0.0572. The van der Waals surface area contributed by atoms with E-state index in [4.69, 9.17) is 0 Å². The molecule has 0 aliphatic heterocycles. The molecule has 2 heteroatoms. The second-order valence-corrected chi connectivity index (χ2v) is 3.79. The number of ketones is 1. The average Bonchev–Trinajstić information content (AvgIpc) is 2.18. The third-order valence-electron chi connectivity index (χ3n) is 2.70. The van der Waals surface area contributed by atoms with Crippen molar-refractivity contribution in [2.45, 2.75) is 45.6 Å². The predicted octanol–water partition coefficient (Wildman–Crippen LogP) is 2.38. The highest BCUT2D eigenvalue weighted by Crippen LogP contribution is 2.25. The number of allylic oxidation sites excluding steroid dienone is 3. The molecule has 0 aromatic heterocycles. The molecule has 1 N–H and O–H groups in total. The molecule has 1 aliphatic carbocycles. The molecule has 0 saturated carbocycles. The molecule has 1 aliphatic rings. The first kappa shape index (κ1) is 11.2. The molecule has 1 atom stereocenters. The molecular formula is C12H18O2. The van der Waals surface area contributed by atoms with Gasteiger partial charge in [-0.05, 0) is 45.1 Å². The lowest BCUT2D eigenvalue weighted by molar-refractivity contribution is -0.124. The highest BCUT2D eigenvalue weighted by Gasteiger charge is 2.25. The van der Waals surface area contributed by atoms with Crippen molar-refractivity contribution in [3.8, 4) is 0 Å². The van der Waals surface area contributed by atoms with Crippen LogP contribution in [0.2, 0.25) is 0 Å². The summed E-state index contributed by atoms with van der Waals surface area (Å²) >= 11 is 0. The van der Waals surface area contributed by atoms with E-state index in [-0.39, 0.29) is 5.78 Å². The highest BCUT2D eigenvalue weighted by atomic mass is 16.3. The Labute approximate surface area is 85.3 Å². The van der Waals surface area contributed by atoms with E-state index < -0.39 is 6.10 Å². The summed E-state index contributed by atoms with van der Waals surface area (Å²) < 4.78 is 0. The Balaban J connectivity index is 2.67. The van der Waals surface area contributed by atoms with E-state index in [1.54, 1.807) is 0 Å². The summed E-state index contributed by atoms with van der Waals surface area (Å²) in [5.41, 5.74) is 2.01. The fourth-order valence-corrected chi connectivity index (χ4v) is 1.78. The van der Waals surface area contributed by atoms with Crippen LogP contribution in [0.3, 0.4) is 0 Å². The molecule has 0 radical (unpaired) electrons. The van der Waals surface area contributed by atoms with E-state index in [0.29, 0.717) is 6.42 Å². The van der Waals surface area contributed by atoms with Gasteiger partial charge < -0.3 is 5.11 Å². The van der Waals surface area contributed by atoms with Crippen molar-refractivity contribution in [1.82, 2.24) is 0 Å². The number of hydrogen-bond donors (Lipinski definition) is 1. The van der Waals surface area contributed by atoms with Crippen molar-refractivity contribution in [1.29, 1.82) is 0 Å². The Morgan fingerprint density at radius 3 is 2.93 bits per heavy atom. The lowest BCUT2D eigenvalue weighted by Gasteiger charge is -2.20. The maximum absolute atomic E-state index is 11.6. The van der Waals surface area contributed by atoms with Gasteiger partial charge in [-0.25, -0.2) is 0 Å². The molecule has 0 saturated heterocycles. The van der Waals surface area contributed by atoms with Crippen molar-refractivity contribution in [3.05, 3.63) is 23.3 Å². The summed E-state index contributed by atoms with van der Waals surface area (Å²) in [6, 6.07) is 0. The lowest BCUT2D eigenvalue weighted by atomic mass is 9.87. The van der Waals surface area contributed by atoms with Crippen LogP contribution in [0.4, 0.5) is 0 Å². The van der Waals surface area contributed by atoms with E-state index in [0.717, 1.165) is 30.4 Å². The first-order chi connectivity index (χ1) is 6.66. The Morgan fingerprint density at radius 2 is 2.29 bits per heavy atom. The molecule has 14 heavy (non-hydrogen) atoms. The third kappa shape index (κ3) is 2.55. The quantitative estimate of drug-likeness (QED) is 0.700. The van der Waals surface area contributed by atoms with Crippen molar-refractivity contribution >= 4 is 5.78 Å². The topological polar surface area (TPSA) is 37.3 Å². The van der Waals surface area contributed by atoms with Crippen LogP contribution in [0.25, 0.3) is 0 Å². The molecule has 0 fully saturated rings.